The van der Waals surface area contributed by atoms with Gasteiger partial charge in [-0.15, -0.1) is 11.3 Å². The van der Waals surface area contributed by atoms with Gasteiger partial charge >= 0.3 is 0 Å². The number of rotatable bonds is 6. The molecular formula is C25H21FN4O2S2. The van der Waals surface area contributed by atoms with Crippen LogP contribution in [0.15, 0.2) is 76.3 Å². The molecule has 0 spiro atoms. The monoisotopic (exact) mass is 492 g/mol. The number of allylic oxidation sites excluding steroid dienone is 1. The van der Waals surface area contributed by atoms with E-state index in [-0.39, 0.29) is 18.4 Å². The number of hydrogen-bond acceptors (Lipinski definition) is 6. The SMILES string of the molecule is COc1cccc(C2NC(=S)N(Cc3ccccc3F)C(C)=C2c2nc(-c3cccs3)no2)c1. The van der Waals surface area contributed by atoms with E-state index in [1.165, 1.54) is 17.4 Å². The first kappa shape index (κ1) is 22.2. The Hall–Kier alpha value is -3.56. The second-order valence-corrected chi connectivity index (χ2v) is 9.07. The van der Waals surface area contributed by atoms with Crippen LogP contribution in [-0.4, -0.2) is 27.3 Å². The van der Waals surface area contributed by atoms with Crippen LogP contribution in [-0.2, 0) is 6.54 Å². The Morgan fingerprint density at radius 2 is 2.03 bits per heavy atom. The van der Waals surface area contributed by atoms with Gasteiger partial charge in [-0.2, -0.15) is 4.98 Å². The molecule has 0 saturated heterocycles. The molecule has 1 N–H and O–H groups in total. The highest BCUT2D eigenvalue weighted by molar-refractivity contribution is 7.80. The molecule has 0 aliphatic carbocycles. The summed E-state index contributed by atoms with van der Waals surface area (Å²) in [6.07, 6.45) is 0. The summed E-state index contributed by atoms with van der Waals surface area (Å²) in [5, 5.41) is 10.0. The molecule has 4 aromatic rings. The molecule has 9 heteroatoms. The van der Waals surface area contributed by atoms with Gasteiger partial charge in [-0.05, 0) is 54.4 Å². The van der Waals surface area contributed by atoms with Crippen molar-refractivity contribution in [3.8, 4) is 16.5 Å². The summed E-state index contributed by atoms with van der Waals surface area (Å²) in [5.41, 5.74) is 3.04. The summed E-state index contributed by atoms with van der Waals surface area (Å²) in [5.74, 6) is 1.33. The number of methoxy groups -OCH3 is 1. The van der Waals surface area contributed by atoms with E-state index in [1.807, 2.05) is 59.7 Å². The molecule has 2 aromatic carbocycles. The van der Waals surface area contributed by atoms with Gasteiger partial charge in [0.1, 0.15) is 11.6 Å². The van der Waals surface area contributed by atoms with Gasteiger partial charge in [-0.1, -0.05) is 41.6 Å². The van der Waals surface area contributed by atoms with Crippen molar-refractivity contribution in [2.24, 2.45) is 0 Å². The Morgan fingerprint density at radius 1 is 1.18 bits per heavy atom. The number of thiophene rings is 1. The number of nitrogens with zero attached hydrogens (tertiary/aromatic N) is 3. The summed E-state index contributed by atoms with van der Waals surface area (Å²) in [7, 11) is 1.63. The van der Waals surface area contributed by atoms with Crippen LogP contribution in [0.1, 0.15) is 30.0 Å². The van der Waals surface area contributed by atoms with Crippen molar-refractivity contribution in [2.45, 2.75) is 19.5 Å². The first-order chi connectivity index (χ1) is 16.5. The number of benzene rings is 2. The molecule has 1 aliphatic heterocycles. The third kappa shape index (κ3) is 4.20. The zero-order chi connectivity index (χ0) is 23.7. The molecule has 0 bridgehead atoms. The molecule has 6 nitrogen and oxygen atoms in total. The zero-order valence-corrected chi connectivity index (χ0v) is 20.1. The largest absolute Gasteiger partial charge is 0.497 e. The summed E-state index contributed by atoms with van der Waals surface area (Å²) in [6, 6.07) is 17.9. The van der Waals surface area contributed by atoms with E-state index < -0.39 is 0 Å². The number of ether oxygens (including phenoxy) is 1. The quantitative estimate of drug-likeness (QED) is 0.341. The van der Waals surface area contributed by atoms with Crippen molar-refractivity contribution in [2.75, 3.05) is 7.11 Å². The summed E-state index contributed by atoms with van der Waals surface area (Å²) in [6.45, 7) is 2.20. The predicted octanol–water partition coefficient (Wildman–Crippen LogP) is 5.81. The van der Waals surface area contributed by atoms with Crippen LogP contribution in [0.2, 0.25) is 0 Å². The van der Waals surface area contributed by atoms with Gasteiger partial charge in [-0.3, -0.25) is 0 Å². The first-order valence-electron chi connectivity index (χ1n) is 10.6. The van der Waals surface area contributed by atoms with Crippen molar-refractivity contribution in [1.82, 2.24) is 20.4 Å². The molecule has 2 aromatic heterocycles. The van der Waals surface area contributed by atoms with Gasteiger partial charge in [0, 0.05) is 11.3 Å². The van der Waals surface area contributed by atoms with Gasteiger partial charge in [0.05, 0.1) is 30.1 Å². The summed E-state index contributed by atoms with van der Waals surface area (Å²) in [4.78, 5) is 7.46. The van der Waals surface area contributed by atoms with Crippen LogP contribution in [0.3, 0.4) is 0 Å². The third-order valence-corrected chi connectivity index (χ3v) is 6.91. The van der Waals surface area contributed by atoms with Crippen molar-refractivity contribution in [3.63, 3.8) is 0 Å². The first-order valence-corrected chi connectivity index (χ1v) is 11.9. The molecule has 1 unspecified atom stereocenters. The lowest BCUT2D eigenvalue weighted by atomic mass is 9.94. The minimum atomic E-state index is -0.351. The molecule has 0 saturated carbocycles. The fraction of sp³-hybridized carbons (Fsp3) is 0.160. The van der Waals surface area contributed by atoms with Crippen LogP contribution in [0.5, 0.6) is 5.75 Å². The van der Waals surface area contributed by atoms with Gasteiger partial charge in [0.15, 0.2) is 5.11 Å². The predicted molar refractivity (Wildman–Crippen MR) is 134 cm³/mol. The third-order valence-electron chi connectivity index (χ3n) is 5.71. The molecule has 3 heterocycles. The lowest BCUT2D eigenvalue weighted by Crippen LogP contribution is -2.45. The minimum Gasteiger partial charge on any atom is -0.497 e. The summed E-state index contributed by atoms with van der Waals surface area (Å²) < 4.78 is 25.6. The highest BCUT2D eigenvalue weighted by Gasteiger charge is 2.34. The molecule has 1 aliphatic rings. The number of thiocarbonyl (C=S) groups is 1. The minimum absolute atomic E-state index is 0.268. The van der Waals surface area contributed by atoms with Crippen molar-refractivity contribution in [1.29, 1.82) is 0 Å². The fourth-order valence-corrected chi connectivity index (χ4v) is 4.92. The van der Waals surface area contributed by atoms with Gasteiger partial charge in [0.2, 0.25) is 5.82 Å². The zero-order valence-electron chi connectivity index (χ0n) is 18.5. The second kappa shape index (κ2) is 9.36. The van der Waals surface area contributed by atoms with E-state index in [0.29, 0.717) is 22.4 Å². The van der Waals surface area contributed by atoms with Crippen LogP contribution in [0.25, 0.3) is 16.3 Å². The highest BCUT2D eigenvalue weighted by Crippen LogP contribution is 2.39. The van der Waals surface area contributed by atoms with Crippen molar-refractivity contribution in [3.05, 3.63) is 94.6 Å². The second-order valence-electron chi connectivity index (χ2n) is 7.74. The Kier molecular flexibility index (Phi) is 6.12. The number of halogens is 1. The Labute approximate surface area is 205 Å². The maximum absolute atomic E-state index is 14.4. The molecule has 1 atom stereocenters. The molecular weight excluding hydrogens is 471 g/mol. The average molecular weight is 493 g/mol. The number of aromatic nitrogens is 2. The fourth-order valence-electron chi connectivity index (χ4n) is 3.96. The van der Waals surface area contributed by atoms with Crippen LogP contribution in [0.4, 0.5) is 4.39 Å². The lowest BCUT2D eigenvalue weighted by molar-refractivity contribution is 0.394. The van der Waals surface area contributed by atoms with E-state index in [2.05, 4.69) is 15.5 Å². The molecule has 34 heavy (non-hydrogen) atoms. The Morgan fingerprint density at radius 3 is 2.79 bits per heavy atom. The normalized spacial score (nSPS) is 16.0. The standard InChI is InChI=1S/C25H21FN4O2S2/c1-15-21(24-28-23(29-32-24)20-11-6-12-34-20)22(16-8-5-9-18(13-16)31-2)27-25(33)30(15)14-17-7-3-4-10-19(17)26/h3-13,22H,14H2,1-2H3,(H,27,33). The molecule has 5 rings (SSSR count). The number of nitrogens with one attached hydrogen (secondary N) is 1. The van der Waals surface area contributed by atoms with Crippen molar-refractivity contribution < 1.29 is 13.7 Å². The highest BCUT2D eigenvalue weighted by atomic mass is 32.1. The van der Waals surface area contributed by atoms with Gasteiger partial charge in [0.25, 0.3) is 5.89 Å². The smallest absolute Gasteiger partial charge is 0.258 e. The van der Waals surface area contributed by atoms with Crippen LogP contribution < -0.4 is 10.1 Å². The van der Waals surface area contributed by atoms with Gasteiger partial charge < -0.3 is 19.5 Å². The topological polar surface area (TPSA) is 63.4 Å². The van der Waals surface area contributed by atoms with E-state index in [0.717, 1.165) is 27.5 Å². The Balaban J connectivity index is 1.62. The molecule has 0 radical (unpaired) electrons. The average Bonchev–Trinajstić information content (AvgIpc) is 3.55. The molecule has 172 valence electrons. The maximum Gasteiger partial charge on any atom is 0.258 e. The lowest BCUT2D eigenvalue weighted by Gasteiger charge is -2.37. The van der Waals surface area contributed by atoms with Crippen LogP contribution in [0, 0.1) is 5.82 Å². The van der Waals surface area contributed by atoms with E-state index >= 15 is 0 Å². The van der Waals surface area contributed by atoms with E-state index in [1.54, 1.807) is 19.2 Å². The van der Waals surface area contributed by atoms with Crippen LogP contribution >= 0.6 is 23.6 Å². The van der Waals surface area contributed by atoms with Gasteiger partial charge in [-0.25, -0.2) is 4.39 Å². The Bertz CT molecular complexity index is 1370. The number of hydrogen-bond donors (Lipinski definition) is 1. The van der Waals surface area contributed by atoms with E-state index in [9.17, 15) is 4.39 Å². The maximum atomic E-state index is 14.4. The van der Waals surface area contributed by atoms with E-state index in [4.69, 9.17) is 21.5 Å². The molecule has 0 amide bonds. The summed E-state index contributed by atoms with van der Waals surface area (Å²) >= 11 is 7.26. The molecule has 0 fully saturated rings. The van der Waals surface area contributed by atoms with Crippen molar-refractivity contribution >= 4 is 34.2 Å².